The van der Waals surface area contributed by atoms with E-state index in [1.54, 1.807) is 19.1 Å². The van der Waals surface area contributed by atoms with Gasteiger partial charge in [-0.25, -0.2) is 13.1 Å². The van der Waals surface area contributed by atoms with E-state index < -0.39 is 22.0 Å². The molecule has 0 aliphatic heterocycles. The molecule has 0 fully saturated rings. The third-order valence-electron chi connectivity index (χ3n) is 2.33. The van der Waals surface area contributed by atoms with Crippen LogP contribution < -0.4 is 16.2 Å². The highest BCUT2D eigenvalue weighted by Gasteiger charge is 2.18. The zero-order valence-electron chi connectivity index (χ0n) is 10.1. The number of sulfonamides is 1. The van der Waals surface area contributed by atoms with Gasteiger partial charge in [-0.05, 0) is 24.6 Å². The summed E-state index contributed by atoms with van der Waals surface area (Å²) in [5.74, 6) is -0.552. The lowest BCUT2D eigenvalue weighted by Gasteiger charge is -2.12. The van der Waals surface area contributed by atoms with E-state index in [0.717, 1.165) is 5.56 Å². The van der Waals surface area contributed by atoms with Gasteiger partial charge in [0.2, 0.25) is 15.9 Å². The topological polar surface area (TPSA) is 115 Å². The van der Waals surface area contributed by atoms with Crippen LogP contribution in [-0.4, -0.2) is 20.4 Å². The van der Waals surface area contributed by atoms with Crippen molar-refractivity contribution >= 4 is 15.9 Å². The lowest BCUT2D eigenvalue weighted by Crippen LogP contribution is -2.35. The average Bonchev–Trinajstić information content (AvgIpc) is 2.27. The van der Waals surface area contributed by atoms with Crippen LogP contribution in [0.3, 0.4) is 0 Å². The van der Waals surface area contributed by atoms with Crippen LogP contribution in [0.2, 0.25) is 0 Å². The molecule has 1 aromatic rings. The number of benzene rings is 1. The second-order valence-electron chi connectivity index (χ2n) is 4.04. The standard InChI is InChI=1S/C11H17N3O3S/c1-8(6-11(13)15)14-18(16,17)10-4-2-9(7-12)3-5-10/h2-5,8,14H,6-7,12H2,1H3,(H2,13,15). The number of hydrogen-bond donors (Lipinski definition) is 3. The van der Waals surface area contributed by atoms with E-state index in [1.807, 2.05) is 0 Å². The Hall–Kier alpha value is -1.44. The second-order valence-corrected chi connectivity index (χ2v) is 5.75. The molecule has 0 heterocycles. The molecular formula is C11H17N3O3S. The van der Waals surface area contributed by atoms with Crippen molar-refractivity contribution in [1.82, 2.24) is 4.72 Å². The number of carbonyl (C=O) groups is 1. The summed E-state index contributed by atoms with van der Waals surface area (Å²) in [5, 5.41) is 0. The Kier molecular flexibility index (Phi) is 4.83. The Morgan fingerprint density at radius 2 is 1.89 bits per heavy atom. The molecule has 100 valence electrons. The van der Waals surface area contributed by atoms with Gasteiger partial charge in [-0.1, -0.05) is 12.1 Å². The molecule has 0 saturated heterocycles. The first-order valence-electron chi connectivity index (χ1n) is 5.45. The van der Waals surface area contributed by atoms with Gasteiger partial charge in [0, 0.05) is 19.0 Å². The summed E-state index contributed by atoms with van der Waals surface area (Å²) in [6, 6.07) is 5.70. The molecule has 1 amide bonds. The molecule has 0 radical (unpaired) electrons. The number of hydrogen-bond acceptors (Lipinski definition) is 4. The van der Waals surface area contributed by atoms with Crippen molar-refractivity contribution in [3.8, 4) is 0 Å². The van der Waals surface area contributed by atoms with Gasteiger partial charge < -0.3 is 11.5 Å². The summed E-state index contributed by atoms with van der Waals surface area (Å²) in [6.07, 6.45) is -0.0416. The van der Waals surface area contributed by atoms with Gasteiger partial charge in [-0.3, -0.25) is 4.79 Å². The minimum Gasteiger partial charge on any atom is -0.370 e. The van der Waals surface area contributed by atoms with Gasteiger partial charge in [-0.15, -0.1) is 0 Å². The lowest BCUT2D eigenvalue weighted by molar-refractivity contribution is -0.118. The molecule has 0 bridgehead atoms. The number of nitrogens with one attached hydrogen (secondary N) is 1. The summed E-state index contributed by atoms with van der Waals surface area (Å²) in [5.41, 5.74) is 11.3. The molecule has 1 rings (SSSR count). The van der Waals surface area contributed by atoms with Gasteiger partial charge in [0.05, 0.1) is 4.90 Å². The average molecular weight is 271 g/mol. The van der Waals surface area contributed by atoms with Crippen LogP contribution in [0.15, 0.2) is 29.2 Å². The van der Waals surface area contributed by atoms with Crippen LogP contribution in [0.5, 0.6) is 0 Å². The third-order valence-corrected chi connectivity index (χ3v) is 3.94. The van der Waals surface area contributed by atoms with E-state index in [2.05, 4.69) is 4.72 Å². The van der Waals surface area contributed by atoms with Crippen molar-refractivity contribution in [2.75, 3.05) is 0 Å². The molecule has 6 nitrogen and oxygen atoms in total. The number of rotatable bonds is 6. The molecule has 0 aliphatic rings. The molecule has 0 spiro atoms. The predicted octanol–water partition coefficient (Wildman–Crippen LogP) is -0.312. The van der Waals surface area contributed by atoms with Crippen LogP contribution in [0.4, 0.5) is 0 Å². The fraction of sp³-hybridized carbons (Fsp3) is 0.364. The van der Waals surface area contributed by atoms with E-state index in [-0.39, 0.29) is 11.3 Å². The molecule has 1 aromatic carbocycles. The van der Waals surface area contributed by atoms with Gasteiger partial charge in [0.25, 0.3) is 0 Å². The predicted molar refractivity (Wildman–Crippen MR) is 67.9 cm³/mol. The van der Waals surface area contributed by atoms with Crippen LogP contribution >= 0.6 is 0 Å². The Morgan fingerprint density at radius 3 is 2.33 bits per heavy atom. The van der Waals surface area contributed by atoms with Crippen molar-refractivity contribution in [3.63, 3.8) is 0 Å². The molecule has 1 atom stereocenters. The zero-order valence-corrected chi connectivity index (χ0v) is 10.9. The fourth-order valence-corrected chi connectivity index (χ4v) is 2.72. The van der Waals surface area contributed by atoms with Crippen LogP contribution in [-0.2, 0) is 21.4 Å². The van der Waals surface area contributed by atoms with E-state index in [0.29, 0.717) is 6.54 Å². The number of nitrogens with two attached hydrogens (primary N) is 2. The number of carbonyl (C=O) groups excluding carboxylic acids is 1. The molecule has 5 N–H and O–H groups in total. The maximum atomic E-state index is 11.9. The maximum Gasteiger partial charge on any atom is 0.240 e. The number of amides is 1. The van der Waals surface area contributed by atoms with Crippen molar-refractivity contribution in [2.24, 2.45) is 11.5 Å². The minimum atomic E-state index is -3.63. The summed E-state index contributed by atoms with van der Waals surface area (Å²) in [7, 11) is -3.63. The highest BCUT2D eigenvalue weighted by molar-refractivity contribution is 7.89. The summed E-state index contributed by atoms with van der Waals surface area (Å²) in [4.78, 5) is 10.8. The molecule has 0 saturated carbocycles. The fourth-order valence-electron chi connectivity index (χ4n) is 1.48. The van der Waals surface area contributed by atoms with Gasteiger partial charge in [0.1, 0.15) is 0 Å². The molecule has 18 heavy (non-hydrogen) atoms. The summed E-state index contributed by atoms with van der Waals surface area (Å²) >= 11 is 0. The lowest BCUT2D eigenvalue weighted by atomic mass is 10.2. The third kappa shape index (κ3) is 4.10. The largest absolute Gasteiger partial charge is 0.370 e. The molecule has 0 aliphatic carbocycles. The van der Waals surface area contributed by atoms with Crippen molar-refractivity contribution < 1.29 is 13.2 Å². The maximum absolute atomic E-state index is 11.9. The highest BCUT2D eigenvalue weighted by atomic mass is 32.2. The first-order chi connectivity index (χ1) is 8.35. The summed E-state index contributed by atoms with van der Waals surface area (Å²) in [6.45, 7) is 1.93. The zero-order chi connectivity index (χ0) is 13.8. The first-order valence-corrected chi connectivity index (χ1v) is 6.93. The Balaban J connectivity index is 2.82. The van der Waals surface area contributed by atoms with E-state index in [1.165, 1.54) is 12.1 Å². The van der Waals surface area contributed by atoms with Crippen molar-refractivity contribution in [1.29, 1.82) is 0 Å². The Bertz CT molecular complexity index is 511. The Labute approximate surface area is 106 Å². The van der Waals surface area contributed by atoms with Crippen molar-refractivity contribution in [2.45, 2.75) is 30.8 Å². The quantitative estimate of drug-likeness (QED) is 0.658. The monoisotopic (exact) mass is 271 g/mol. The SMILES string of the molecule is CC(CC(N)=O)NS(=O)(=O)c1ccc(CN)cc1. The van der Waals surface area contributed by atoms with E-state index in [9.17, 15) is 13.2 Å². The molecule has 0 aromatic heterocycles. The smallest absolute Gasteiger partial charge is 0.240 e. The minimum absolute atomic E-state index is 0.0416. The van der Waals surface area contributed by atoms with E-state index in [4.69, 9.17) is 11.5 Å². The summed E-state index contributed by atoms with van der Waals surface area (Å²) < 4.78 is 26.2. The normalized spacial score (nSPS) is 13.2. The molecule has 7 heteroatoms. The van der Waals surface area contributed by atoms with Crippen LogP contribution in [0, 0.1) is 0 Å². The van der Waals surface area contributed by atoms with Crippen LogP contribution in [0.25, 0.3) is 0 Å². The van der Waals surface area contributed by atoms with E-state index >= 15 is 0 Å². The van der Waals surface area contributed by atoms with Gasteiger partial charge in [0.15, 0.2) is 0 Å². The van der Waals surface area contributed by atoms with Gasteiger partial charge in [-0.2, -0.15) is 0 Å². The number of primary amides is 1. The first kappa shape index (κ1) is 14.6. The van der Waals surface area contributed by atoms with Crippen LogP contribution in [0.1, 0.15) is 18.9 Å². The highest BCUT2D eigenvalue weighted by Crippen LogP contribution is 2.11. The molecular weight excluding hydrogens is 254 g/mol. The Morgan fingerprint density at radius 1 is 1.33 bits per heavy atom. The van der Waals surface area contributed by atoms with Crippen molar-refractivity contribution in [3.05, 3.63) is 29.8 Å². The van der Waals surface area contributed by atoms with Gasteiger partial charge >= 0.3 is 0 Å². The second kappa shape index (κ2) is 5.94. The molecule has 1 unspecified atom stereocenters.